The number of rotatable bonds is 9. The van der Waals surface area contributed by atoms with E-state index in [0.29, 0.717) is 12.2 Å². The van der Waals surface area contributed by atoms with E-state index in [9.17, 15) is 10.1 Å². The Balaban J connectivity index is 2.81. The fourth-order valence-corrected chi connectivity index (χ4v) is 2.17. The van der Waals surface area contributed by atoms with Crippen LogP contribution < -0.4 is 5.73 Å². The number of unbranched alkanes of at least 4 members (excludes halogenated alkanes) is 2. The molecule has 0 radical (unpaired) electrons. The van der Waals surface area contributed by atoms with E-state index in [1.54, 1.807) is 6.07 Å². The summed E-state index contributed by atoms with van der Waals surface area (Å²) < 4.78 is 0. The first-order chi connectivity index (χ1) is 9.60. The second-order valence-electron chi connectivity index (χ2n) is 5.09. The van der Waals surface area contributed by atoms with Crippen molar-refractivity contribution in [3.05, 3.63) is 33.9 Å². The smallest absolute Gasteiger partial charge is 0.292 e. The summed E-state index contributed by atoms with van der Waals surface area (Å²) in [5.41, 5.74) is 7.08. The van der Waals surface area contributed by atoms with Gasteiger partial charge in [0, 0.05) is 12.6 Å². The molecule has 5 heteroatoms. The molecule has 1 aromatic rings. The summed E-state index contributed by atoms with van der Waals surface area (Å²) in [7, 11) is 0. The third-order valence-electron chi connectivity index (χ3n) is 3.42. The molecule has 5 nitrogen and oxygen atoms in total. The number of nitrogens with two attached hydrogens (primary N) is 1. The van der Waals surface area contributed by atoms with Crippen LogP contribution in [0.3, 0.4) is 0 Å². The Hall–Kier alpha value is -1.62. The van der Waals surface area contributed by atoms with E-state index in [-0.39, 0.29) is 5.69 Å². The number of anilines is 1. The molecule has 20 heavy (non-hydrogen) atoms. The highest BCUT2D eigenvalue weighted by Crippen LogP contribution is 2.26. The Morgan fingerprint density at radius 1 is 1.20 bits per heavy atom. The molecule has 1 rings (SSSR count). The number of nitro benzene ring substituents is 1. The van der Waals surface area contributed by atoms with Crippen molar-refractivity contribution in [2.24, 2.45) is 0 Å². The molecule has 0 amide bonds. The molecule has 0 aliphatic rings. The predicted molar refractivity (Wildman–Crippen MR) is 82.6 cm³/mol. The van der Waals surface area contributed by atoms with Gasteiger partial charge < -0.3 is 5.73 Å². The molecular formula is C15H25N3O2. The molecule has 0 aliphatic heterocycles. The topological polar surface area (TPSA) is 72.4 Å². The maximum atomic E-state index is 10.9. The minimum absolute atomic E-state index is 0.00781. The number of nitrogen functional groups attached to an aromatic ring is 1. The van der Waals surface area contributed by atoms with Gasteiger partial charge in [-0.1, -0.05) is 38.8 Å². The first-order valence-electron chi connectivity index (χ1n) is 7.34. The van der Waals surface area contributed by atoms with Crippen LogP contribution in [0, 0.1) is 10.1 Å². The first kappa shape index (κ1) is 16.4. The highest BCUT2D eigenvalue weighted by Gasteiger charge is 2.16. The quantitative estimate of drug-likeness (QED) is 0.426. The molecule has 112 valence electrons. The number of hydrogen-bond acceptors (Lipinski definition) is 4. The van der Waals surface area contributed by atoms with Crippen LogP contribution in [-0.2, 0) is 6.54 Å². The Kier molecular flexibility index (Phi) is 7.01. The molecule has 2 N–H and O–H groups in total. The molecule has 0 saturated carbocycles. The SMILES string of the molecule is CCCCN(CCCC)Cc1cccc([N+](=O)[O-])c1N. The zero-order valence-electron chi connectivity index (χ0n) is 12.5. The monoisotopic (exact) mass is 279 g/mol. The molecule has 0 atom stereocenters. The number of nitro groups is 1. The summed E-state index contributed by atoms with van der Waals surface area (Å²) in [5.74, 6) is 0. The van der Waals surface area contributed by atoms with Crippen LogP contribution >= 0.6 is 0 Å². The molecule has 0 unspecified atom stereocenters. The highest BCUT2D eigenvalue weighted by atomic mass is 16.6. The molecule has 1 aromatic carbocycles. The van der Waals surface area contributed by atoms with E-state index in [4.69, 9.17) is 5.73 Å². The normalized spacial score (nSPS) is 10.9. The van der Waals surface area contributed by atoms with Gasteiger partial charge in [0.05, 0.1) is 4.92 Å². The van der Waals surface area contributed by atoms with E-state index >= 15 is 0 Å². The van der Waals surface area contributed by atoms with Gasteiger partial charge in [-0.2, -0.15) is 0 Å². The lowest BCUT2D eigenvalue weighted by Crippen LogP contribution is -2.26. The van der Waals surface area contributed by atoms with E-state index in [2.05, 4.69) is 18.7 Å². The van der Waals surface area contributed by atoms with Crippen molar-refractivity contribution in [1.82, 2.24) is 4.90 Å². The number of hydrogen-bond donors (Lipinski definition) is 1. The van der Waals surface area contributed by atoms with Crippen LogP contribution in [0.15, 0.2) is 18.2 Å². The van der Waals surface area contributed by atoms with E-state index in [0.717, 1.165) is 44.3 Å². The van der Waals surface area contributed by atoms with Crippen molar-refractivity contribution in [2.75, 3.05) is 18.8 Å². The van der Waals surface area contributed by atoms with Gasteiger partial charge in [0.15, 0.2) is 0 Å². The molecule has 0 spiro atoms. The second-order valence-corrected chi connectivity index (χ2v) is 5.09. The van der Waals surface area contributed by atoms with Crippen LogP contribution in [-0.4, -0.2) is 22.9 Å². The molecular weight excluding hydrogens is 254 g/mol. The summed E-state index contributed by atoms with van der Waals surface area (Å²) in [6.45, 7) is 7.05. The van der Waals surface area contributed by atoms with Gasteiger partial charge in [-0.05, 0) is 31.5 Å². The molecule has 0 fully saturated rings. The first-order valence-corrected chi connectivity index (χ1v) is 7.34. The summed E-state index contributed by atoms with van der Waals surface area (Å²) in [6, 6.07) is 5.05. The highest BCUT2D eigenvalue weighted by molar-refractivity contribution is 5.62. The number of benzene rings is 1. The van der Waals surface area contributed by atoms with Crippen LogP contribution in [0.5, 0.6) is 0 Å². The van der Waals surface area contributed by atoms with Gasteiger partial charge in [0.1, 0.15) is 5.69 Å². The maximum Gasteiger partial charge on any atom is 0.292 e. The average molecular weight is 279 g/mol. The van der Waals surface area contributed by atoms with Crippen LogP contribution in [0.4, 0.5) is 11.4 Å². The fraction of sp³-hybridized carbons (Fsp3) is 0.600. The average Bonchev–Trinajstić information content (AvgIpc) is 2.43. The van der Waals surface area contributed by atoms with Gasteiger partial charge in [0.25, 0.3) is 5.69 Å². The van der Waals surface area contributed by atoms with Gasteiger partial charge in [0.2, 0.25) is 0 Å². The predicted octanol–water partition coefficient (Wildman–Crippen LogP) is 3.58. The molecule has 0 saturated heterocycles. The number of para-hydroxylation sites is 1. The third kappa shape index (κ3) is 4.81. The summed E-state index contributed by atoms with van der Waals surface area (Å²) in [6.07, 6.45) is 4.57. The van der Waals surface area contributed by atoms with Crippen molar-refractivity contribution in [2.45, 2.75) is 46.1 Å². The Morgan fingerprint density at radius 2 is 1.80 bits per heavy atom. The van der Waals surface area contributed by atoms with Crippen molar-refractivity contribution in [1.29, 1.82) is 0 Å². The molecule has 0 heterocycles. The van der Waals surface area contributed by atoms with Crippen LogP contribution in [0.25, 0.3) is 0 Å². The van der Waals surface area contributed by atoms with Crippen molar-refractivity contribution in [3.8, 4) is 0 Å². The second kappa shape index (κ2) is 8.53. The van der Waals surface area contributed by atoms with Crippen LogP contribution in [0.1, 0.15) is 45.1 Å². The van der Waals surface area contributed by atoms with E-state index in [1.165, 1.54) is 6.07 Å². The summed E-state index contributed by atoms with van der Waals surface area (Å²) in [4.78, 5) is 12.8. The summed E-state index contributed by atoms with van der Waals surface area (Å²) >= 11 is 0. The molecule has 0 aliphatic carbocycles. The minimum atomic E-state index is -0.415. The lowest BCUT2D eigenvalue weighted by molar-refractivity contribution is -0.384. The molecule has 0 bridgehead atoms. The van der Waals surface area contributed by atoms with Crippen molar-refractivity contribution >= 4 is 11.4 Å². The fourth-order valence-electron chi connectivity index (χ4n) is 2.17. The Morgan fingerprint density at radius 3 is 2.30 bits per heavy atom. The van der Waals surface area contributed by atoms with Gasteiger partial charge in [-0.3, -0.25) is 15.0 Å². The zero-order chi connectivity index (χ0) is 15.0. The standard InChI is InChI=1S/C15H25N3O2/c1-3-5-10-17(11-6-4-2)12-13-8-7-9-14(15(13)16)18(19)20/h7-9H,3-6,10-12,16H2,1-2H3. The van der Waals surface area contributed by atoms with Gasteiger partial charge in [-0.25, -0.2) is 0 Å². The van der Waals surface area contributed by atoms with Crippen molar-refractivity contribution in [3.63, 3.8) is 0 Å². The summed E-state index contributed by atoms with van der Waals surface area (Å²) in [5, 5.41) is 10.9. The maximum absolute atomic E-state index is 10.9. The Labute approximate surface area is 120 Å². The minimum Gasteiger partial charge on any atom is -0.393 e. The zero-order valence-corrected chi connectivity index (χ0v) is 12.5. The lowest BCUT2D eigenvalue weighted by atomic mass is 10.1. The van der Waals surface area contributed by atoms with Gasteiger partial charge in [-0.15, -0.1) is 0 Å². The van der Waals surface area contributed by atoms with Crippen molar-refractivity contribution < 1.29 is 4.92 Å². The largest absolute Gasteiger partial charge is 0.393 e. The molecule has 0 aromatic heterocycles. The van der Waals surface area contributed by atoms with E-state index < -0.39 is 4.92 Å². The third-order valence-corrected chi connectivity index (χ3v) is 3.42. The number of nitrogens with zero attached hydrogens (tertiary/aromatic N) is 2. The van der Waals surface area contributed by atoms with E-state index in [1.807, 2.05) is 6.07 Å². The lowest BCUT2D eigenvalue weighted by Gasteiger charge is -2.22. The van der Waals surface area contributed by atoms with Crippen LogP contribution in [0.2, 0.25) is 0 Å². The van der Waals surface area contributed by atoms with Gasteiger partial charge >= 0.3 is 0 Å². The Bertz CT molecular complexity index is 427.